The van der Waals surface area contributed by atoms with Crippen molar-refractivity contribution in [1.29, 1.82) is 0 Å². The Morgan fingerprint density at radius 3 is 2.47 bits per heavy atom. The molecule has 0 radical (unpaired) electrons. The van der Waals surface area contributed by atoms with Gasteiger partial charge < -0.3 is 5.32 Å². The third-order valence-corrected chi connectivity index (χ3v) is 3.58. The van der Waals surface area contributed by atoms with Crippen molar-refractivity contribution >= 4 is 34.0 Å². The van der Waals surface area contributed by atoms with E-state index in [1.165, 1.54) is 24.3 Å². The molecule has 1 N–H and O–H groups in total. The van der Waals surface area contributed by atoms with Gasteiger partial charge in [-0.1, -0.05) is 6.07 Å². The van der Waals surface area contributed by atoms with Gasteiger partial charge in [-0.05, 0) is 52.4 Å². The van der Waals surface area contributed by atoms with Gasteiger partial charge in [0.15, 0.2) is 0 Å². The second-order valence-electron chi connectivity index (χ2n) is 3.89. The Kier molecular flexibility index (Phi) is 4.31. The maximum atomic E-state index is 12.9. The van der Waals surface area contributed by atoms with E-state index in [1.54, 1.807) is 18.2 Å². The van der Waals surface area contributed by atoms with Crippen molar-refractivity contribution in [2.24, 2.45) is 0 Å². The van der Waals surface area contributed by atoms with Gasteiger partial charge in [0.2, 0.25) is 0 Å². The number of rotatable bonds is 4. The summed E-state index contributed by atoms with van der Waals surface area (Å²) in [6, 6.07) is 10.8. The highest BCUT2D eigenvalue weighted by atomic mass is 127. The minimum atomic E-state index is -0.438. The Balaban J connectivity index is 2.04. The molecule has 0 heterocycles. The summed E-state index contributed by atoms with van der Waals surface area (Å²) in [7, 11) is 0. The molecule has 0 saturated carbocycles. The summed E-state index contributed by atoms with van der Waals surface area (Å²) < 4.78 is 13.8. The van der Waals surface area contributed by atoms with Crippen LogP contribution in [0.15, 0.2) is 42.5 Å². The summed E-state index contributed by atoms with van der Waals surface area (Å²) >= 11 is 2.07. The Morgan fingerprint density at radius 2 is 1.89 bits per heavy atom. The van der Waals surface area contributed by atoms with E-state index in [0.717, 1.165) is 14.8 Å². The highest BCUT2D eigenvalue weighted by molar-refractivity contribution is 14.1. The molecule has 0 spiro atoms. The quantitative estimate of drug-likeness (QED) is 0.502. The van der Waals surface area contributed by atoms with E-state index in [1.807, 2.05) is 0 Å². The van der Waals surface area contributed by atoms with Gasteiger partial charge in [-0.15, -0.1) is 0 Å². The van der Waals surface area contributed by atoms with E-state index in [2.05, 4.69) is 27.9 Å². The molecule has 6 heteroatoms. The number of nitrogens with zero attached hydrogens (tertiary/aromatic N) is 1. The molecule has 0 aromatic heterocycles. The van der Waals surface area contributed by atoms with Crippen LogP contribution in [0.5, 0.6) is 0 Å². The van der Waals surface area contributed by atoms with Gasteiger partial charge in [-0.25, -0.2) is 4.39 Å². The van der Waals surface area contributed by atoms with Crippen molar-refractivity contribution < 1.29 is 9.31 Å². The third-order valence-electron chi connectivity index (χ3n) is 2.58. The minimum Gasteiger partial charge on any atom is -0.381 e. The molecule has 0 aliphatic heterocycles. The standard InChI is InChI=1S/C13H10FIN2O2/c14-10-2-1-9(13(15)7-10)8-16-11-3-5-12(6-4-11)17(18)19/h1-7,16H,8H2. The molecule has 0 aliphatic carbocycles. The van der Waals surface area contributed by atoms with E-state index >= 15 is 0 Å². The molecule has 4 nitrogen and oxygen atoms in total. The maximum absolute atomic E-state index is 12.9. The fourth-order valence-corrected chi connectivity index (χ4v) is 2.23. The van der Waals surface area contributed by atoms with Crippen LogP contribution in [0.3, 0.4) is 0 Å². The second-order valence-corrected chi connectivity index (χ2v) is 5.06. The number of nitro benzene ring substituents is 1. The monoisotopic (exact) mass is 372 g/mol. The number of benzene rings is 2. The highest BCUT2D eigenvalue weighted by Crippen LogP contribution is 2.18. The van der Waals surface area contributed by atoms with Crippen molar-refractivity contribution in [3.05, 3.63) is 67.5 Å². The Morgan fingerprint density at radius 1 is 1.21 bits per heavy atom. The molecule has 0 bridgehead atoms. The van der Waals surface area contributed by atoms with Gasteiger partial charge in [-0.2, -0.15) is 0 Å². The molecule has 0 amide bonds. The number of anilines is 1. The highest BCUT2D eigenvalue weighted by Gasteiger charge is 2.05. The summed E-state index contributed by atoms with van der Waals surface area (Å²) in [6.45, 7) is 0.538. The van der Waals surface area contributed by atoms with Crippen LogP contribution in [-0.4, -0.2) is 4.92 Å². The van der Waals surface area contributed by atoms with Gasteiger partial charge in [0.05, 0.1) is 4.92 Å². The molecule has 0 atom stereocenters. The molecular weight excluding hydrogens is 362 g/mol. The lowest BCUT2D eigenvalue weighted by atomic mass is 10.2. The van der Waals surface area contributed by atoms with E-state index in [0.29, 0.717) is 6.54 Å². The Labute approximate surface area is 122 Å². The van der Waals surface area contributed by atoms with Crippen LogP contribution in [0.2, 0.25) is 0 Å². The van der Waals surface area contributed by atoms with Crippen LogP contribution in [0, 0.1) is 19.5 Å². The summed E-state index contributed by atoms with van der Waals surface area (Å²) in [4.78, 5) is 10.1. The number of nitro groups is 1. The van der Waals surface area contributed by atoms with Crippen molar-refractivity contribution in [3.8, 4) is 0 Å². The van der Waals surface area contributed by atoms with Crippen molar-refractivity contribution in [2.75, 3.05) is 5.32 Å². The van der Waals surface area contributed by atoms with Crippen LogP contribution >= 0.6 is 22.6 Å². The number of hydrogen-bond acceptors (Lipinski definition) is 3. The smallest absolute Gasteiger partial charge is 0.269 e. The lowest BCUT2D eigenvalue weighted by Crippen LogP contribution is -2.01. The van der Waals surface area contributed by atoms with Crippen LogP contribution in [-0.2, 0) is 6.54 Å². The topological polar surface area (TPSA) is 55.2 Å². The normalized spacial score (nSPS) is 10.2. The largest absolute Gasteiger partial charge is 0.381 e. The first-order valence-corrected chi connectivity index (χ1v) is 6.56. The fourth-order valence-electron chi connectivity index (χ4n) is 1.56. The van der Waals surface area contributed by atoms with Gasteiger partial charge in [-0.3, -0.25) is 10.1 Å². The molecule has 2 aromatic carbocycles. The predicted molar refractivity (Wildman–Crippen MR) is 79.5 cm³/mol. The third kappa shape index (κ3) is 3.63. The number of halogens is 2. The average molecular weight is 372 g/mol. The minimum absolute atomic E-state index is 0.0573. The molecule has 0 saturated heterocycles. The number of non-ortho nitro benzene ring substituents is 1. The Bertz CT molecular complexity index is 602. The molecule has 0 fully saturated rings. The zero-order valence-electron chi connectivity index (χ0n) is 9.77. The van der Waals surface area contributed by atoms with Crippen LogP contribution in [0.4, 0.5) is 15.8 Å². The van der Waals surface area contributed by atoms with Crippen LogP contribution in [0.25, 0.3) is 0 Å². The molecule has 19 heavy (non-hydrogen) atoms. The van der Waals surface area contributed by atoms with E-state index in [-0.39, 0.29) is 11.5 Å². The molecule has 0 aliphatic rings. The Hall–Kier alpha value is -1.70. The average Bonchev–Trinajstić information content (AvgIpc) is 2.38. The summed E-state index contributed by atoms with van der Waals surface area (Å²) in [5.74, 6) is -0.261. The second kappa shape index (κ2) is 5.96. The van der Waals surface area contributed by atoms with Gasteiger partial charge in [0.1, 0.15) is 5.82 Å². The van der Waals surface area contributed by atoms with Gasteiger partial charge in [0, 0.05) is 27.9 Å². The zero-order chi connectivity index (χ0) is 13.8. The van der Waals surface area contributed by atoms with Crippen molar-refractivity contribution in [1.82, 2.24) is 0 Å². The van der Waals surface area contributed by atoms with Crippen LogP contribution < -0.4 is 5.32 Å². The summed E-state index contributed by atoms with van der Waals surface area (Å²) in [6.07, 6.45) is 0. The first kappa shape index (κ1) is 13.7. The van der Waals surface area contributed by atoms with Gasteiger partial charge in [0.25, 0.3) is 5.69 Å². The lowest BCUT2D eigenvalue weighted by molar-refractivity contribution is -0.384. The number of hydrogen-bond donors (Lipinski definition) is 1. The lowest BCUT2D eigenvalue weighted by Gasteiger charge is -2.08. The summed E-state index contributed by atoms with van der Waals surface area (Å²) in [5.41, 5.74) is 1.81. The maximum Gasteiger partial charge on any atom is 0.269 e. The van der Waals surface area contributed by atoms with E-state index in [4.69, 9.17) is 0 Å². The van der Waals surface area contributed by atoms with E-state index in [9.17, 15) is 14.5 Å². The molecule has 0 unspecified atom stereocenters. The predicted octanol–water partition coefficient (Wildman–Crippen LogP) is 3.95. The van der Waals surface area contributed by atoms with Crippen molar-refractivity contribution in [3.63, 3.8) is 0 Å². The molecular formula is C13H10FIN2O2. The first-order valence-electron chi connectivity index (χ1n) is 5.48. The fraction of sp³-hybridized carbons (Fsp3) is 0.0769. The summed E-state index contributed by atoms with van der Waals surface area (Å²) in [5, 5.41) is 13.7. The molecule has 2 aromatic rings. The molecule has 98 valence electrons. The van der Waals surface area contributed by atoms with Crippen LogP contribution in [0.1, 0.15) is 5.56 Å². The first-order chi connectivity index (χ1) is 9.06. The van der Waals surface area contributed by atoms with Crippen molar-refractivity contribution in [2.45, 2.75) is 6.54 Å². The molecule has 2 rings (SSSR count). The van der Waals surface area contributed by atoms with E-state index < -0.39 is 4.92 Å². The van der Waals surface area contributed by atoms with Gasteiger partial charge >= 0.3 is 0 Å². The SMILES string of the molecule is O=[N+]([O-])c1ccc(NCc2ccc(F)cc2I)cc1. The zero-order valence-corrected chi connectivity index (χ0v) is 11.9. The number of nitrogens with one attached hydrogen (secondary N) is 1.